The number of hydrogen-bond donors (Lipinski definition) is 3. The molecule has 1 saturated heterocycles. The second kappa shape index (κ2) is 8.73. The molecule has 2 heterocycles. The van der Waals surface area contributed by atoms with Gasteiger partial charge in [0, 0.05) is 36.2 Å². The third-order valence-electron chi connectivity index (χ3n) is 4.83. The number of aromatic nitrogens is 1. The van der Waals surface area contributed by atoms with Gasteiger partial charge >= 0.3 is 6.03 Å². The fourth-order valence-electron chi connectivity index (χ4n) is 3.31. The molecule has 3 N–H and O–H groups in total. The van der Waals surface area contributed by atoms with Gasteiger partial charge in [-0.25, -0.2) is 9.78 Å². The molecule has 0 bridgehead atoms. The van der Waals surface area contributed by atoms with Crippen molar-refractivity contribution in [1.29, 1.82) is 0 Å². The van der Waals surface area contributed by atoms with Gasteiger partial charge in [-0.3, -0.25) is 4.90 Å². The maximum absolute atomic E-state index is 12.1. The summed E-state index contributed by atoms with van der Waals surface area (Å²) < 4.78 is 5.50. The molecular weight excluding hydrogens is 400 g/mol. The molecule has 1 aromatic heterocycles. The number of aryl methyl sites for hydroxylation is 1. The Morgan fingerprint density at radius 1 is 1.33 bits per heavy atom. The van der Waals surface area contributed by atoms with E-state index < -0.39 is 0 Å². The van der Waals surface area contributed by atoms with Crippen LogP contribution in [-0.4, -0.2) is 41.9 Å². The lowest BCUT2D eigenvalue weighted by molar-refractivity contribution is 0.201. The van der Waals surface area contributed by atoms with Gasteiger partial charge in [0.2, 0.25) is 0 Å². The van der Waals surface area contributed by atoms with Gasteiger partial charge in [-0.15, -0.1) is 0 Å². The van der Waals surface area contributed by atoms with Gasteiger partial charge in [0.25, 0.3) is 0 Å². The first-order valence-corrected chi connectivity index (χ1v) is 10.6. The predicted octanol–water partition coefficient (Wildman–Crippen LogP) is 4.15. The number of carbonyl (C=O) groups is 1. The van der Waals surface area contributed by atoms with Crippen molar-refractivity contribution in [2.75, 3.05) is 30.0 Å². The molecule has 7 nitrogen and oxygen atoms in total. The van der Waals surface area contributed by atoms with E-state index in [1.54, 1.807) is 16.2 Å². The maximum atomic E-state index is 12.1. The Bertz CT molecular complexity index is 1050. The lowest BCUT2D eigenvalue weighted by Crippen LogP contribution is -2.27. The highest BCUT2D eigenvalue weighted by Gasteiger charge is 2.26. The fraction of sp³-hybridized carbons (Fsp3) is 0.273. The number of amides is 2. The molecule has 1 unspecified atom stereocenters. The van der Waals surface area contributed by atoms with E-state index in [9.17, 15) is 4.79 Å². The molecule has 0 saturated carbocycles. The van der Waals surface area contributed by atoms with Crippen LogP contribution in [0, 0.1) is 6.92 Å². The van der Waals surface area contributed by atoms with Gasteiger partial charge in [-0.05, 0) is 43.2 Å². The molecule has 1 fully saturated rings. The largest absolute Gasteiger partial charge is 0.491 e. The number of nitrogens with zero attached hydrogens (tertiary/aromatic N) is 2. The molecule has 2 amide bonds. The number of urea groups is 1. The molecule has 0 radical (unpaired) electrons. The second-order valence-electron chi connectivity index (χ2n) is 7.21. The van der Waals surface area contributed by atoms with Crippen LogP contribution in [0.2, 0.25) is 0 Å². The summed E-state index contributed by atoms with van der Waals surface area (Å²) in [5, 5.41) is 16.0. The minimum atomic E-state index is -0.0647. The van der Waals surface area contributed by atoms with E-state index in [4.69, 9.17) is 9.84 Å². The summed E-state index contributed by atoms with van der Waals surface area (Å²) in [5.41, 5.74) is 3.87. The van der Waals surface area contributed by atoms with Crippen LogP contribution in [0.25, 0.3) is 10.4 Å². The number of aliphatic hydroxyl groups excluding tert-OH is 1. The third-order valence-corrected chi connectivity index (χ3v) is 5.79. The summed E-state index contributed by atoms with van der Waals surface area (Å²) in [6, 6.07) is 13.8. The van der Waals surface area contributed by atoms with Gasteiger partial charge in [0.15, 0.2) is 5.13 Å². The van der Waals surface area contributed by atoms with E-state index in [2.05, 4.69) is 15.6 Å². The average molecular weight is 425 g/mol. The first-order valence-electron chi connectivity index (χ1n) is 9.79. The van der Waals surface area contributed by atoms with Crippen LogP contribution >= 0.6 is 11.3 Å². The van der Waals surface area contributed by atoms with Crippen molar-refractivity contribution in [3.63, 3.8) is 0 Å². The lowest BCUT2D eigenvalue weighted by Gasteiger charge is -2.15. The fourth-order valence-corrected chi connectivity index (χ4v) is 4.14. The van der Waals surface area contributed by atoms with Gasteiger partial charge < -0.3 is 20.5 Å². The lowest BCUT2D eigenvalue weighted by atomic mass is 10.1. The first-order chi connectivity index (χ1) is 14.5. The minimum absolute atomic E-state index is 0.0243. The minimum Gasteiger partial charge on any atom is -0.491 e. The van der Waals surface area contributed by atoms with Crippen LogP contribution in [-0.2, 0) is 0 Å². The highest BCUT2D eigenvalue weighted by Crippen LogP contribution is 2.34. The molecule has 2 aromatic carbocycles. The molecule has 0 aliphatic carbocycles. The third kappa shape index (κ3) is 4.39. The molecule has 3 aromatic rings. The zero-order chi connectivity index (χ0) is 21.1. The van der Waals surface area contributed by atoms with Gasteiger partial charge in [0.05, 0.1) is 11.5 Å². The molecule has 1 atom stereocenters. The summed E-state index contributed by atoms with van der Waals surface area (Å²) in [6.07, 6.45) is 1.83. The van der Waals surface area contributed by atoms with Crippen molar-refractivity contribution in [1.82, 2.24) is 10.3 Å². The molecule has 1 aliphatic rings. The monoisotopic (exact) mass is 424 g/mol. The smallest absolute Gasteiger partial charge is 0.322 e. The molecule has 156 valence electrons. The zero-order valence-electron chi connectivity index (χ0n) is 16.9. The van der Waals surface area contributed by atoms with E-state index in [1.807, 2.05) is 62.5 Å². The standard InChI is InChI=1S/C22H24N4O3S/c1-14-6-7-18(29-9-8-27)11-19(14)25-21-23-12-20(30-21)16-4-3-5-17(10-16)26-13-15(2)24-22(26)28/h3-7,10-12,15,27H,8-9,13H2,1-2H3,(H,23,25)(H,24,28). The molecule has 4 rings (SSSR count). The Morgan fingerprint density at radius 3 is 2.97 bits per heavy atom. The number of ether oxygens (including phenoxy) is 1. The van der Waals surface area contributed by atoms with Crippen molar-refractivity contribution in [3.05, 3.63) is 54.2 Å². The SMILES string of the molecule is Cc1ccc(OCCO)cc1Nc1ncc(-c2cccc(N3CC(C)NC3=O)c2)s1. The van der Waals surface area contributed by atoms with E-state index in [0.717, 1.165) is 32.5 Å². The van der Waals surface area contributed by atoms with Gasteiger partial charge in [0.1, 0.15) is 12.4 Å². The van der Waals surface area contributed by atoms with Crippen LogP contribution in [0.3, 0.4) is 0 Å². The van der Waals surface area contributed by atoms with E-state index in [1.165, 1.54) is 0 Å². The van der Waals surface area contributed by atoms with Gasteiger partial charge in [-0.2, -0.15) is 0 Å². The van der Waals surface area contributed by atoms with E-state index in [-0.39, 0.29) is 25.3 Å². The highest BCUT2D eigenvalue weighted by molar-refractivity contribution is 7.18. The van der Waals surface area contributed by atoms with E-state index in [0.29, 0.717) is 12.3 Å². The number of rotatable bonds is 7. The van der Waals surface area contributed by atoms with Crippen LogP contribution < -0.4 is 20.3 Å². The predicted molar refractivity (Wildman–Crippen MR) is 120 cm³/mol. The number of hydrogen-bond acceptors (Lipinski definition) is 6. The molecular formula is C22H24N4O3S. The number of nitrogens with one attached hydrogen (secondary N) is 2. The number of carbonyl (C=O) groups excluding carboxylic acids is 1. The molecule has 0 spiro atoms. The Labute approximate surface area is 179 Å². The van der Waals surface area contributed by atoms with Gasteiger partial charge in [-0.1, -0.05) is 29.5 Å². The van der Waals surface area contributed by atoms with Crippen LogP contribution in [0.15, 0.2) is 48.7 Å². The second-order valence-corrected chi connectivity index (χ2v) is 8.25. The Morgan fingerprint density at radius 2 is 2.20 bits per heavy atom. The van der Waals surface area contributed by atoms with Crippen LogP contribution in [0.4, 0.5) is 21.3 Å². The number of thiazole rings is 1. The maximum Gasteiger partial charge on any atom is 0.322 e. The molecule has 30 heavy (non-hydrogen) atoms. The molecule has 8 heteroatoms. The average Bonchev–Trinajstić information content (AvgIpc) is 3.34. The zero-order valence-corrected chi connectivity index (χ0v) is 17.7. The highest BCUT2D eigenvalue weighted by atomic mass is 32.1. The summed E-state index contributed by atoms with van der Waals surface area (Å²) in [6.45, 7) is 4.90. The number of anilines is 3. The summed E-state index contributed by atoms with van der Waals surface area (Å²) in [7, 11) is 0. The first kappa shape index (κ1) is 20.2. The quantitative estimate of drug-likeness (QED) is 0.530. The summed E-state index contributed by atoms with van der Waals surface area (Å²) in [4.78, 5) is 19.4. The van der Waals surface area contributed by atoms with Crippen molar-refractivity contribution >= 4 is 33.9 Å². The Hall–Kier alpha value is -3.10. The van der Waals surface area contributed by atoms with Crippen molar-refractivity contribution in [3.8, 4) is 16.2 Å². The van der Waals surface area contributed by atoms with Crippen LogP contribution in [0.5, 0.6) is 5.75 Å². The van der Waals surface area contributed by atoms with Crippen LogP contribution in [0.1, 0.15) is 12.5 Å². The Balaban J connectivity index is 1.52. The van der Waals surface area contributed by atoms with Crippen molar-refractivity contribution in [2.24, 2.45) is 0 Å². The summed E-state index contributed by atoms with van der Waals surface area (Å²) >= 11 is 1.54. The normalized spacial score (nSPS) is 15.9. The van der Waals surface area contributed by atoms with Crippen molar-refractivity contribution < 1.29 is 14.6 Å². The van der Waals surface area contributed by atoms with E-state index >= 15 is 0 Å². The Kier molecular flexibility index (Phi) is 5.87. The topological polar surface area (TPSA) is 86.7 Å². The number of aliphatic hydroxyl groups is 1. The molecule has 1 aliphatic heterocycles. The summed E-state index contributed by atoms with van der Waals surface area (Å²) in [5.74, 6) is 0.694. The van der Waals surface area contributed by atoms with Crippen molar-refractivity contribution in [2.45, 2.75) is 19.9 Å². The number of benzene rings is 2.